The molecule has 2 rings (SSSR count). The Labute approximate surface area is 121 Å². The fraction of sp³-hybridized carbons (Fsp3) is 0.571. The molecule has 1 aromatic rings. The van der Waals surface area contributed by atoms with Gasteiger partial charge >= 0.3 is 0 Å². The smallest absolute Gasteiger partial charge is 0.273 e. The standard InChI is InChI=1S/C14H20N2O3S/c1-2-20(19)12-8-4-3-6-10(12)16-14(18)13-11(17)7-5-9-15-13/h5,7,9-10,12,17H,2-4,6,8H2,1H3,(H,16,18)/t10-,12+,20+/m0/s1. The minimum atomic E-state index is -0.919. The molecule has 0 saturated heterocycles. The van der Waals surface area contributed by atoms with E-state index in [1.165, 1.54) is 12.3 Å². The van der Waals surface area contributed by atoms with Gasteiger partial charge in [0.1, 0.15) is 5.75 Å². The fourth-order valence-electron chi connectivity index (χ4n) is 2.60. The van der Waals surface area contributed by atoms with Crippen LogP contribution in [0.15, 0.2) is 18.3 Å². The second-order valence-corrected chi connectivity index (χ2v) is 6.89. The van der Waals surface area contributed by atoms with Crippen molar-refractivity contribution in [3.8, 4) is 5.75 Å². The topological polar surface area (TPSA) is 79.3 Å². The zero-order chi connectivity index (χ0) is 14.5. The van der Waals surface area contributed by atoms with Crippen molar-refractivity contribution in [1.82, 2.24) is 10.3 Å². The molecule has 1 saturated carbocycles. The molecule has 2 N–H and O–H groups in total. The van der Waals surface area contributed by atoms with Gasteiger partial charge in [-0.15, -0.1) is 0 Å². The lowest BCUT2D eigenvalue weighted by atomic mass is 9.94. The molecular formula is C14H20N2O3S. The quantitative estimate of drug-likeness (QED) is 0.884. The van der Waals surface area contributed by atoms with Crippen molar-refractivity contribution in [2.24, 2.45) is 0 Å². The third-order valence-corrected chi connectivity index (χ3v) is 5.45. The van der Waals surface area contributed by atoms with Crippen LogP contribution in [0.5, 0.6) is 5.75 Å². The SMILES string of the molecule is CC[S@@](=O)[C@@H]1CCCC[C@@H]1NC(=O)c1ncccc1O. The first-order chi connectivity index (χ1) is 9.63. The van der Waals surface area contributed by atoms with E-state index in [2.05, 4.69) is 10.3 Å². The van der Waals surface area contributed by atoms with Gasteiger partial charge in [0.05, 0.1) is 5.25 Å². The molecule has 20 heavy (non-hydrogen) atoms. The predicted octanol–water partition coefficient (Wildman–Crippen LogP) is 1.60. The van der Waals surface area contributed by atoms with Gasteiger partial charge in [-0.25, -0.2) is 4.98 Å². The summed E-state index contributed by atoms with van der Waals surface area (Å²) in [6, 6.07) is 2.91. The summed E-state index contributed by atoms with van der Waals surface area (Å²) in [5, 5.41) is 12.5. The maximum absolute atomic E-state index is 12.2. The lowest BCUT2D eigenvalue weighted by Crippen LogP contribution is -2.47. The highest BCUT2D eigenvalue weighted by atomic mass is 32.2. The molecule has 6 heteroatoms. The van der Waals surface area contributed by atoms with Crippen molar-refractivity contribution < 1.29 is 14.1 Å². The molecule has 0 unspecified atom stereocenters. The monoisotopic (exact) mass is 296 g/mol. The van der Waals surface area contributed by atoms with E-state index in [1.54, 1.807) is 6.07 Å². The van der Waals surface area contributed by atoms with E-state index < -0.39 is 16.7 Å². The van der Waals surface area contributed by atoms with Crippen molar-refractivity contribution in [2.75, 3.05) is 5.75 Å². The number of aromatic nitrogens is 1. The van der Waals surface area contributed by atoms with Gasteiger partial charge in [0.15, 0.2) is 5.69 Å². The lowest BCUT2D eigenvalue weighted by molar-refractivity contribution is 0.0921. The van der Waals surface area contributed by atoms with Crippen LogP contribution < -0.4 is 5.32 Å². The zero-order valence-corrected chi connectivity index (χ0v) is 12.4. The summed E-state index contributed by atoms with van der Waals surface area (Å²) >= 11 is 0. The van der Waals surface area contributed by atoms with Crippen LogP contribution in [0.4, 0.5) is 0 Å². The van der Waals surface area contributed by atoms with Gasteiger partial charge in [0.2, 0.25) is 0 Å². The van der Waals surface area contributed by atoms with E-state index in [0.717, 1.165) is 25.7 Å². The van der Waals surface area contributed by atoms with Gasteiger partial charge < -0.3 is 10.4 Å². The zero-order valence-electron chi connectivity index (χ0n) is 11.5. The maximum Gasteiger partial charge on any atom is 0.273 e. The van der Waals surface area contributed by atoms with Crippen molar-refractivity contribution >= 4 is 16.7 Å². The Bertz CT molecular complexity index is 507. The molecule has 1 aliphatic rings. The molecule has 0 spiro atoms. The Morgan fingerprint density at radius 2 is 2.25 bits per heavy atom. The minimum absolute atomic E-state index is 0.00329. The first-order valence-corrected chi connectivity index (χ1v) is 8.33. The largest absolute Gasteiger partial charge is 0.505 e. The number of aromatic hydroxyl groups is 1. The molecule has 3 atom stereocenters. The second-order valence-electron chi connectivity index (χ2n) is 4.94. The molecule has 0 aromatic carbocycles. The van der Waals surface area contributed by atoms with Crippen LogP contribution in [0.2, 0.25) is 0 Å². The van der Waals surface area contributed by atoms with Crippen LogP contribution in [0.1, 0.15) is 43.1 Å². The summed E-state index contributed by atoms with van der Waals surface area (Å²) in [4.78, 5) is 16.1. The van der Waals surface area contributed by atoms with Crippen LogP contribution in [0, 0.1) is 0 Å². The third kappa shape index (κ3) is 3.36. The van der Waals surface area contributed by atoms with Gasteiger partial charge in [-0.1, -0.05) is 19.8 Å². The van der Waals surface area contributed by atoms with Crippen LogP contribution in [0.3, 0.4) is 0 Å². The molecule has 0 aliphatic heterocycles. The molecule has 1 amide bonds. The number of amides is 1. The summed E-state index contributed by atoms with van der Waals surface area (Å²) in [5.41, 5.74) is 0.0269. The summed E-state index contributed by atoms with van der Waals surface area (Å²) < 4.78 is 12.1. The number of nitrogens with zero attached hydrogens (tertiary/aromatic N) is 1. The normalized spacial score (nSPS) is 24.1. The molecule has 1 aliphatic carbocycles. The summed E-state index contributed by atoms with van der Waals surface area (Å²) in [5.74, 6) is 0.0772. The minimum Gasteiger partial charge on any atom is -0.505 e. The number of nitrogens with one attached hydrogen (secondary N) is 1. The number of carbonyl (C=O) groups excluding carboxylic acids is 1. The molecule has 0 radical (unpaired) electrons. The second kappa shape index (κ2) is 6.83. The van der Waals surface area contributed by atoms with Crippen molar-refractivity contribution in [1.29, 1.82) is 0 Å². The van der Waals surface area contributed by atoms with E-state index in [1.807, 2.05) is 6.92 Å². The Morgan fingerprint density at radius 1 is 1.50 bits per heavy atom. The van der Waals surface area contributed by atoms with E-state index in [0.29, 0.717) is 5.75 Å². The van der Waals surface area contributed by atoms with Gasteiger partial charge in [0.25, 0.3) is 5.91 Å². The Kier molecular flexibility index (Phi) is 5.11. The molecule has 1 aromatic heterocycles. The Hall–Kier alpha value is -1.43. The summed E-state index contributed by atoms with van der Waals surface area (Å²) in [7, 11) is -0.919. The van der Waals surface area contributed by atoms with Crippen molar-refractivity contribution in [3.63, 3.8) is 0 Å². The van der Waals surface area contributed by atoms with Crippen molar-refractivity contribution in [3.05, 3.63) is 24.0 Å². The van der Waals surface area contributed by atoms with E-state index in [-0.39, 0.29) is 22.7 Å². The molecule has 1 heterocycles. The Balaban J connectivity index is 2.09. The highest BCUT2D eigenvalue weighted by Gasteiger charge is 2.31. The number of hydrogen-bond donors (Lipinski definition) is 2. The van der Waals surface area contributed by atoms with Crippen molar-refractivity contribution in [2.45, 2.75) is 43.9 Å². The van der Waals surface area contributed by atoms with Gasteiger partial charge in [-0.2, -0.15) is 0 Å². The molecule has 1 fully saturated rings. The van der Waals surface area contributed by atoms with E-state index in [4.69, 9.17) is 0 Å². The number of rotatable bonds is 4. The van der Waals surface area contributed by atoms with E-state index in [9.17, 15) is 14.1 Å². The van der Waals surface area contributed by atoms with Crippen LogP contribution in [-0.2, 0) is 10.8 Å². The highest BCUT2D eigenvalue weighted by molar-refractivity contribution is 7.85. The average Bonchev–Trinajstić information content (AvgIpc) is 2.47. The maximum atomic E-state index is 12.2. The van der Waals surface area contributed by atoms with Gasteiger partial charge in [0, 0.05) is 28.8 Å². The van der Waals surface area contributed by atoms with Gasteiger partial charge in [-0.3, -0.25) is 9.00 Å². The average molecular weight is 296 g/mol. The molecule has 5 nitrogen and oxygen atoms in total. The number of hydrogen-bond acceptors (Lipinski definition) is 4. The first kappa shape index (κ1) is 15.0. The van der Waals surface area contributed by atoms with Crippen LogP contribution in [0.25, 0.3) is 0 Å². The summed E-state index contributed by atoms with van der Waals surface area (Å²) in [6.07, 6.45) is 5.25. The first-order valence-electron chi connectivity index (χ1n) is 6.95. The lowest BCUT2D eigenvalue weighted by Gasteiger charge is -2.31. The third-order valence-electron chi connectivity index (χ3n) is 3.64. The highest BCUT2D eigenvalue weighted by Crippen LogP contribution is 2.24. The van der Waals surface area contributed by atoms with Crippen LogP contribution in [-0.4, -0.2) is 37.3 Å². The number of pyridine rings is 1. The van der Waals surface area contributed by atoms with Crippen LogP contribution >= 0.6 is 0 Å². The summed E-state index contributed by atoms with van der Waals surface area (Å²) in [6.45, 7) is 1.90. The molecular weight excluding hydrogens is 276 g/mol. The van der Waals surface area contributed by atoms with E-state index >= 15 is 0 Å². The Morgan fingerprint density at radius 3 is 2.95 bits per heavy atom. The fourth-order valence-corrected chi connectivity index (χ4v) is 4.03. The predicted molar refractivity (Wildman–Crippen MR) is 78.1 cm³/mol. The van der Waals surface area contributed by atoms with Gasteiger partial charge in [-0.05, 0) is 25.0 Å². The number of carbonyl (C=O) groups is 1. The molecule has 110 valence electrons. The molecule has 0 bridgehead atoms.